The fourth-order valence-corrected chi connectivity index (χ4v) is 2.18. The average molecular weight is 352 g/mol. The van der Waals surface area contributed by atoms with Crippen LogP contribution in [0.1, 0.15) is 20.7 Å². The number of carboxylic acids is 1. The van der Waals surface area contributed by atoms with Crippen molar-refractivity contribution in [2.24, 2.45) is 0 Å². The smallest absolute Gasteiger partial charge is 0.335 e. The number of aromatic hydroxyl groups is 2. The van der Waals surface area contributed by atoms with Crippen LogP contribution >= 0.6 is 15.9 Å². The maximum absolute atomic E-state index is 12.0. The Kier molecular flexibility index (Phi) is 4.13. The van der Waals surface area contributed by atoms with Gasteiger partial charge in [0, 0.05) is 10.2 Å². The Bertz CT molecular complexity index is 729. The van der Waals surface area contributed by atoms with Gasteiger partial charge in [-0.25, -0.2) is 4.79 Å². The molecule has 0 radical (unpaired) electrons. The number of carboxylic acid groups (broad SMARTS) is 1. The summed E-state index contributed by atoms with van der Waals surface area (Å²) in [6.07, 6.45) is 0. The Labute approximate surface area is 127 Å². The highest BCUT2D eigenvalue weighted by Gasteiger charge is 2.14. The fraction of sp³-hybridized carbons (Fsp3) is 0. The van der Waals surface area contributed by atoms with Crippen LogP contribution in [-0.4, -0.2) is 27.2 Å². The second kappa shape index (κ2) is 5.84. The van der Waals surface area contributed by atoms with E-state index in [4.69, 9.17) is 5.11 Å². The number of carbonyl (C=O) groups is 2. The Balaban J connectivity index is 2.31. The highest BCUT2D eigenvalue weighted by Crippen LogP contribution is 2.25. The van der Waals surface area contributed by atoms with Crippen LogP contribution in [0, 0.1) is 0 Å². The summed E-state index contributed by atoms with van der Waals surface area (Å²) < 4.78 is 0.484. The molecule has 0 aromatic heterocycles. The first-order valence-corrected chi connectivity index (χ1v) is 6.53. The van der Waals surface area contributed by atoms with Crippen LogP contribution in [0.3, 0.4) is 0 Å². The van der Waals surface area contributed by atoms with Gasteiger partial charge in [-0.1, -0.05) is 15.9 Å². The van der Waals surface area contributed by atoms with Crippen LogP contribution in [0.2, 0.25) is 0 Å². The van der Waals surface area contributed by atoms with E-state index in [0.29, 0.717) is 4.47 Å². The van der Waals surface area contributed by atoms with Crippen LogP contribution in [-0.2, 0) is 0 Å². The van der Waals surface area contributed by atoms with Crippen molar-refractivity contribution in [1.82, 2.24) is 0 Å². The number of anilines is 1. The van der Waals surface area contributed by atoms with E-state index in [-0.39, 0.29) is 28.3 Å². The summed E-state index contributed by atoms with van der Waals surface area (Å²) in [6, 6.07) is 7.74. The lowest BCUT2D eigenvalue weighted by Crippen LogP contribution is -2.12. The molecular weight excluding hydrogens is 342 g/mol. The molecule has 0 bridgehead atoms. The van der Waals surface area contributed by atoms with Crippen LogP contribution in [0.25, 0.3) is 0 Å². The highest BCUT2D eigenvalue weighted by atomic mass is 79.9. The van der Waals surface area contributed by atoms with Gasteiger partial charge in [-0.3, -0.25) is 4.79 Å². The number of carbonyl (C=O) groups excluding carboxylic acids is 1. The van der Waals surface area contributed by atoms with E-state index < -0.39 is 11.9 Å². The molecule has 108 valence electrons. The van der Waals surface area contributed by atoms with Crippen molar-refractivity contribution < 1.29 is 24.9 Å². The number of aromatic carboxylic acids is 1. The van der Waals surface area contributed by atoms with Crippen molar-refractivity contribution in [3.63, 3.8) is 0 Å². The Morgan fingerprint density at radius 1 is 1.05 bits per heavy atom. The predicted molar refractivity (Wildman–Crippen MR) is 78.8 cm³/mol. The summed E-state index contributed by atoms with van der Waals surface area (Å²) in [5.74, 6) is -2.26. The molecule has 2 aromatic rings. The lowest BCUT2D eigenvalue weighted by Gasteiger charge is -2.08. The van der Waals surface area contributed by atoms with Gasteiger partial charge in [-0.15, -0.1) is 0 Å². The van der Waals surface area contributed by atoms with Gasteiger partial charge in [0.25, 0.3) is 5.91 Å². The Hall–Kier alpha value is -2.54. The van der Waals surface area contributed by atoms with Crippen LogP contribution in [0.5, 0.6) is 11.5 Å². The Morgan fingerprint density at radius 2 is 1.76 bits per heavy atom. The summed E-state index contributed by atoms with van der Waals surface area (Å²) >= 11 is 3.15. The first-order chi connectivity index (χ1) is 9.86. The van der Waals surface area contributed by atoms with Gasteiger partial charge in [0.05, 0.1) is 11.1 Å². The van der Waals surface area contributed by atoms with E-state index in [1.54, 1.807) is 0 Å². The van der Waals surface area contributed by atoms with Gasteiger partial charge < -0.3 is 20.6 Å². The van der Waals surface area contributed by atoms with Crippen molar-refractivity contribution >= 4 is 33.5 Å². The third kappa shape index (κ3) is 3.51. The first kappa shape index (κ1) is 14.9. The largest absolute Gasteiger partial charge is 0.508 e. The maximum atomic E-state index is 12.0. The molecule has 4 N–H and O–H groups in total. The van der Waals surface area contributed by atoms with E-state index in [0.717, 1.165) is 6.07 Å². The van der Waals surface area contributed by atoms with Crippen molar-refractivity contribution in [3.05, 3.63) is 52.0 Å². The number of phenolic OH excluding ortho intramolecular Hbond substituents is 2. The van der Waals surface area contributed by atoms with Gasteiger partial charge in [0.1, 0.15) is 11.5 Å². The molecule has 0 saturated carbocycles. The van der Waals surface area contributed by atoms with Gasteiger partial charge in [0.15, 0.2) is 0 Å². The maximum Gasteiger partial charge on any atom is 0.335 e. The number of amides is 1. The number of halogens is 1. The van der Waals surface area contributed by atoms with Crippen molar-refractivity contribution in [2.75, 3.05) is 5.32 Å². The van der Waals surface area contributed by atoms with Crippen molar-refractivity contribution in [1.29, 1.82) is 0 Å². The molecule has 2 aromatic carbocycles. The zero-order valence-corrected chi connectivity index (χ0v) is 12.1. The van der Waals surface area contributed by atoms with Gasteiger partial charge >= 0.3 is 5.97 Å². The monoisotopic (exact) mass is 351 g/mol. The standard InChI is InChI=1S/C14H10BrNO5/c15-8-3-7(14(20)21)4-9(5-8)16-13(19)11-6-10(17)1-2-12(11)18/h1-6,17-18H,(H,16,19)(H,20,21). The highest BCUT2D eigenvalue weighted by molar-refractivity contribution is 9.10. The van der Waals surface area contributed by atoms with E-state index in [2.05, 4.69) is 21.2 Å². The van der Waals surface area contributed by atoms with E-state index in [1.807, 2.05) is 0 Å². The van der Waals surface area contributed by atoms with Crippen LogP contribution < -0.4 is 5.32 Å². The predicted octanol–water partition coefficient (Wildman–Crippen LogP) is 2.81. The zero-order chi connectivity index (χ0) is 15.6. The SMILES string of the molecule is O=C(O)c1cc(Br)cc(NC(=O)c2cc(O)ccc2O)c1. The van der Waals surface area contributed by atoms with Crippen molar-refractivity contribution in [3.8, 4) is 11.5 Å². The van der Waals surface area contributed by atoms with Gasteiger partial charge in [0.2, 0.25) is 0 Å². The fourth-order valence-electron chi connectivity index (χ4n) is 1.69. The molecule has 0 heterocycles. The third-order valence-corrected chi connectivity index (χ3v) is 3.09. The lowest BCUT2D eigenvalue weighted by molar-refractivity contribution is 0.0696. The molecule has 0 aliphatic heterocycles. The second-order valence-electron chi connectivity index (χ2n) is 4.19. The van der Waals surface area contributed by atoms with Gasteiger partial charge in [-0.2, -0.15) is 0 Å². The molecule has 21 heavy (non-hydrogen) atoms. The number of phenols is 2. The normalized spacial score (nSPS) is 10.1. The van der Waals surface area contributed by atoms with E-state index in [9.17, 15) is 19.8 Å². The topological polar surface area (TPSA) is 107 Å². The van der Waals surface area contributed by atoms with Gasteiger partial charge in [-0.05, 0) is 36.4 Å². The minimum atomic E-state index is -1.13. The lowest BCUT2D eigenvalue weighted by atomic mass is 10.1. The second-order valence-corrected chi connectivity index (χ2v) is 5.10. The molecule has 0 fully saturated rings. The Morgan fingerprint density at radius 3 is 2.43 bits per heavy atom. The molecule has 7 heteroatoms. The summed E-state index contributed by atoms with van der Waals surface area (Å²) in [5.41, 5.74) is 0.126. The number of hydrogen-bond donors (Lipinski definition) is 4. The number of nitrogens with one attached hydrogen (secondary N) is 1. The number of rotatable bonds is 3. The van der Waals surface area contributed by atoms with E-state index >= 15 is 0 Å². The first-order valence-electron chi connectivity index (χ1n) is 5.74. The molecule has 0 saturated heterocycles. The molecule has 0 spiro atoms. The number of hydrogen-bond acceptors (Lipinski definition) is 4. The quantitative estimate of drug-likeness (QED) is 0.636. The molecule has 0 atom stereocenters. The van der Waals surface area contributed by atoms with Crippen LogP contribution in [0.4, 0.5) is 5.69 Å². The third-order valence-electron chi connectivity index (χ3n) is 2.63. The zero-order valence-electron chi connectivity index (χ0n) is 10.5. The minimum absolute atomic E-state index is 0.000180. The summed E-state index contributed by atoms with van der Waals surface area (Å²) in [4.78, 5) is 23.0. The average Bonchev–Trinajstić information content (AvgIpc) is 2.40. The number of benzene rings is 2. The summed E-state index contributed by atoms with van der Waals surface area (Å²) in [5, 5.41) is 30.4. The minimum Gasteiger partial charge on any atom is -0.508 e. The molecule has 0 aliphatic rings. The molecule has 1 amide bonds. The summed E-state index contributed by atoms with van der Waals surface area (Å²) in [7, 11) is 0. The molecule has 0 unspecified atom stereocenters. The van der Waals surface area contributed by atoms with Crippen molar-refractivity contribution in [2.45, 2.75) is 0 Å². The molecular formula is C14H10BrNO5. The molecule has 6 nitrogen and oxygen atoms in total. The van der Waals surface area contributed by atoms with E-state index in [1.165, 1.54) is 30.3 Å². The van der Waals surface area contributed by atoms with Crippen LogP contribution in [0.15, 0.2) is 40.9 Å². The molecule has 2 rings (SSSR count). The molecule has 0 aliphatic carbocycles. The summed E-state index contributed by atoms with van der Waals surface area (Å²) in [6.45, 7) is 0.